The number of aromatic nitrogens is 1. The van der Waals surface area contributed by atoms with Gasteiger partial charge in [0.25, 0.3) is 0 Å². The van der Waals surface area contributed by atoms with Gasteiger partial charge in [0.2, 0.25) is 5.91 Å². The minimum absolute atomic E-state index is 0.0107. The van der Waals surface area contributed by atoms with Gasteiger partial charge in [-0.1, -0.05) is 38.1 Å². The number of hydrogen-bond donors (Lipinski definition) is 2. The highest BCUT2D eigenvalue weighted by molar-refractivity contribution is 5.83. The molecule has 1 saturated carbocycles. The number of carbonyl (C=O) groups is 1. The first-order chi connectivity index (χ1) is 14.6. The highest BCUT2D eigenvalue weighted by Gasteiger charge is 2.47. The first-order valence-electron chi connectivity index (χ1n) is 10.2. The molecule has 2 N–H and O–H groups in total. The number of halogens is 3. The molecular formula is C23H25F3N4O. The van der Waals surface area contributed by atoms with E-state index in [1.165, 1.54) is 12.1 Å². The van der Waals surface area contributed by atoms with Gasteiger partial charge >= 0.3 is 6.18 Å². The Bertz CT molecular complexity index is 932. The molecule has 164 valence electrons. The highest BCUT2D eigenvalue weighted by atomic mass is 19.4. The van der Waals surface area contributed by atoms with Crippen LogP contribution in [0.5, 0.6) is 0 Å². The lowest BCUT2D eigenvalue weighted by molar-refractivity contribution is -0.161. The van der Waals surface area contributed by atoms with Gasteiger partial charge in [-0.2, -0.15) is 18.4 Å². The molecule has 0 bridgehead atoms. The molecular weight excluding hydrogens is 405 g/mol. The number of rotatable bonds is 8. The molecule has 3 rings (SSSR count). The van der Waals surface area contributed by atoms with E-state index in [1.54, 1.807) is 36.7 Å². The van der Waals surface area contributed by atoms with E-state index in [-0.39, 0.29) is 17.9 Å². The Morgan fingerprint density at radius 2 is 1.71 bits per heavy atom. The van der Waals surface area contributed by atoms with Crippen molar-refractivity contribution in [3.05, 3.63) is 54.4 Å². The molecule has 0 unspecified atom stereocenters. The minimum atomic E-state index is -4.60. The van der Waals surface area contributed by atoms with Crippen molar-refractivity contribution in [3.8, 4) is 17.2 Å². The third-order valence-corrected chi connectivity index (χ3v) is 5.30. The predicted octanol–water partition coefficient (Wildman–Crippen LogP) is 4.53. The molecule has 1 fully saturated rings. The van der Waals surface area contributed by atoms with Crippen LogP contribution in [0.4, 0.5) is 13.2 Å². The number of nitrogens with one attached hydrogen (secondary N) is 2. The van der Waals surface area contributed by atoms with Gasteiger partial charge in [0.15, 0.2) is 0 Å². The number of benzene rings is 1. The van der Waals surface area contributed by atoms with Crippen LogP contribution in [-0.4, -0.2) is 28.6 Å². The Morgan fingerprint density at radius 1 is 1.13 bits per heavy atom. The lowest BCUT2D eigenvalue weighted by atomic mass is 9.97. The quantitative estimate of drug-likeness (QED) is 0.645. The van der Waals surface area contributed by atoms with Gasteiger partial charge in [0.05, 0.1) is 12.1 Å². The lowest BCUT2D eigenvalue weighted by Gasteiger charge is -2.29. The van der Waals surface area contributed by atoms with Crippen LogP contribution in [-0.2, 0) is 4.79 Å². The molecule has 1 heterocycles. The number of pyridine rings is 1. The van der Waals surface area contributed by atoms with Crippen LogP contribution in [0.25, 0.3) is 11.1 Å². The molecule has 5 nitrogen and oxygen atoms in total. The van der Waals surface area contributed by atoms with Crippen molar-refractivity contribution in [1.82, 2.24) is 15.6 Å². The van der Waals surface area contributed by atoms with Crippen molar-refractivity contribution in [1.29, 1.82) is 5.26 Å². The molecule has 1 aromatic heterocycles. The van der Waals surface area contributed by atoms with Crippen molar-refractivity contribution in [3.63, 3.8) is 0 Å². The van der Waals surface area contributed by atoms with Crippen molar-refractivity contribution < 1.29 is 18.0 Å². The van der Waals surface area contributed by atoms with E-state index >= 15 is 0 Å². The second kappa shape index (κ2) is 9.06. The van der Waals surface area contributed by atoms with Crippen LogP contribution < -0.4 is 10.6 Å². The molecule has 8 heteroatoms. The number of amides is 1. The molecule has 0 saturated heterocycles. The topological polar surface area (TPSA) is 77.8 Å². The highest BCUT2D eigenvalue weighted by Crippen LogP contribution is 2.36. The Balaban J connectivity index is 1.83. The van der Waals surface area contributed by atoms with Crippen LogP contribution in [0, 0.1) is 17.2 Å². The van der Waals surface area contributed by atoms with Crippen molar-refractivity contribution in [2.24, 2.45) is 5.92 Å². The monoisotopic (exact) mass is 430 g/mol. The van der Waals surface area contributed by atoms with Crippen LogP contribution in [0.2, 0.25) is 0 Å². The molecule has 0 aliphatic heterocycles. The second-order valence-electron chi connectivity index (χ2n) is 8.36. The van der Waals surface area contributed by atoms with E-state index in [0.717, 1.165) is 11.1 Å². The number of carbonyl (C=O) groups excluding carboxylic acids is 1. The smallest absolute Gasteiger partial charge is 0.336 e. The maximum absolute atomic E-state index is 14.0. The maximum Gasteiger partial charge on any atom is 0.407 e. The van der Waals surface area contributed by atoms with Crippen LogP contribution in [0.15, 0.2) is 48.8 Å². The normalized spacial score (nSPS) is 16.9. The Hall–Kier alpha value is -2.92. The largest absolute Gasteiger partial charge is 0.407 e. The summed E-state index contributed by atoms with van der Waals surface area (Å²) in [5, 5.41) is 14.4. The third-order valence-electron chi connectivity index (χ3n) is 5.30. The second-order valence-corrected chi connectivity index (χ2v) is 8.36. The standard InChI is InChI=1S/C23H25F3N4O/c1-15(2)13-19(21(31)30-22(14-27)9-10-22)29-20(23(24,25)26)18-5-3-16(4-6-18)17-7-11-28-12-8-17/h3-8,11-12,15,19-20,29H,9-10,13H2,1-2H3,(H,30,31)/t19-,20-/m0/s1. The number of alkyl halides is 3. The average Bonchev–Trinajstić information content (AvgIpc) is 3.50. The number of nitrogens with zero attached hydrogens (tertiary/aromatic N) is 2. The van der Waals surface area contributed by atoms with E-state index in [4.69, 9.17) is 0 Å². The van der Waals surface area contributed by atoms with E-state index < -0.39 is 29.7 Å². The van der Waals surface area contributed by atoms with Gasteiger partial charge in [-0.25, -0.2) is 0 Å². The molecule has 2 atom stereocenters. The van der Waals surface area contributed by atoms with Crippen LogP contribution in [0.1, 0.15) is 44.7 Å². The average molecular weight is 430 g/mol. The van der Waals surface area contributed by atoms with E-state index in [2.05, 4.69) is 15.6 Å². The van der Waals surface area contributed by atoms with Crippen LogP contribution in [0.3, 0.4) is 0 Å². The summed E-state index contributed by atoms with van der Waals surface area (Å²) >= 11 is 0. The SMILES string of the molecule is CC(C)C[C@H](N[C@@H](c1ccc(-c2ccncc2)cc1)C(F)(F)F)C(=O)NC1(C#N)CC1. The molecule has 1 aliphatic carbocycles. The summed E-state index contributed by atoms with van der Waals surface area (Å²) in [4.78, 5) is 16.7. The van der Waals surface area contributed by atoms with Gasteiger partial charge in [-0.05, 0) is 54.0 Å². The molecule has 31 heavy (non-hydrogen) atoms. The summed E-state index contributed by atoms with van der Waals surface area (Å²) in [6.07, 6.45) is -0.112. The van der Waals surface area contributed by atoms with Crippen molar-refractivity contribution in [2.45, 2.75) is 56.9 Å². The summed E-state index contributed by atoms with van der Waals surface area (Å²) in [6.45, 7) is 3.68. The molecule has 1 aromatic carbocycles. The fourth-order valence-corrected chi connectivity index (χ4v) is 3.43. The van der Waals surface area contributed by atoms with E-state index in [9.17, 15) is 23.2 Å². The van der Waals surface area contributed by atoms with E-state index in [1.807, 2.05) is 19.9 Å². The Morgan fingerprint density at radius 3 is 2.19 bits per heavy atom. The van der Waals surface area contributed by atoms with Gasteiger partial charge in [0, 0.05) is 12.4 Å². The molecule has 1 amide bonds. The summed E-state index contributed by atoms with van der Waals surface area (Å²) in [5.41, 5.74) is 0.705. The van der Waals surface area contributed by atoms with Gasteiger partial charge in [-0.3, -0.25) is 15.1 Å². The van der Waals surface area contributed by atoms with E-state index in [0.29, 0.717) is 12.8 Å². The van der Waals surface area contributed by atoms with Crippen LogP contribution >= 0.6 is 0 Å². The molecule has 0 spiro atoms. The van der Waals surface area contributed by atoms with Gasteiger partial charge < -0.3 is 5.32 Å². The number of hydrogen-bond acceptors (Lipinski definition) is 4. The Labute approximate surface area is 179 Å². The fraction of sp³-hybridized carbons (Fsp3) is 0.435. The maximum atomic E-state index is 14.0. The summed E-state index contributed by atoms with van der Waals surface area (Å²) in [7, 11) is 0. The lowest BCUT2D eigenvalue weighted by Crippen LogP contribution is -2.52. The van der Waals surface area contributed by atoms with Crippen molar-refractivity contribution in [2.75, 3.05) is 0 Å². The molecule has 1 aliphatic rings. The molecule has 2 aromatic rings. The van der Waals surface area contributed by atoms with Gasteiger partial charge in [0.1, 0.15) is 11.6 Å². The fourth-order valence-electron chi connectivity index (χ4n) is 3.43. The first-order valence-corrected chi connectivity index (χ1v) is 10.2. The summed E-state index contributed by atoms with van der Waals surface area (Å²) < 4.78 is 41.9. The zero-order chi connectivity index (χ0) is 22.6. The summed E-state index contributed by atoms with van der Waals surface area (Å²) in [6, 6.07) is 8.60. The Kier molecular flexibility index (Phi) is 6.65. The number of nitriles is 1. The third kappa shape index (κ3) is 5.82. The predicted molar refractivity (Wildman–Crippen MR) is 111 cm³/mol. The zero-order valence-corrected chi connectivity index (χ0v) is 17.4. The zero-order valence-electron chi connectivity index (χ0n) is 17.4. The minimum Gasteiger partial charge on any atom is -0.336 e. The summed E-state index contributed by atoms with van der Waals surface area (Å²) in [5.74, 6) is -0.584. The van der Waals surface area contributed by atoms with Gasteiger partial charge in [-0.15, -0.1) is 0 Å². The van der Waals surface area contributed by atoms with Crippen molar-refractivity contribution >= 4 is 5.91 Å². The first kappa shape index (κ1) is 22.8. The molecule has 0 radical (unpaired) electrons.